The molecule has 1 saturated heterocycles. The van der Waals surface area contributed by atoms with Gasteiger partial charge in [-0.05, 0) is 20.8 Å². The van der Waals surface area contributed by atoms with Gasteiger partial charge < -0.3 is 9.64 Å². The van der Waals surface area contributed by atoms with Gasteiger partial charge in [0, 0.05) is 7.05 Å². The average Bonchev–Trinajstić information content (AvgIpc) is 2.32. The highest BCUT2D eigenvalue weighted by Gasteiger charge is 2.24. The van der Waals surface area contributed by atoms with Crippen molar-refractivity contribution in [3.63, 3.8) is 0 Å². The van der Waals surface area contributed by atoms with E-state index in [2.05, 4.69) is 0 Å². The lowest BCUT2D eigenvalue weighted by molar-refractivity contribution is -0.148. The van der Waals surface area contributed by atoms with Crippen LogP contribution in [-0.2, 0) is 14.3 Å². The van der Waals surface area contributed by atoms with Crippen LogP contribution in [0, 0.1) is 0 Å². The average molecular weight is 229 g/mol. The van der Waals surface area contributed by atoms with Gasteiger partial charge in [0.15, 0.2) is 0 Å². The van der Waals surface area contributed by atoms with Gasteiger partial charge >= 0.3 is 5.97 Å². The van der Waals surface area contributed by atoms with Gasteiger partial charge in [0.1, 0.15) is 5.60 Å². The van der Waals surface area contributed by atoms with Crippen LogP contribution in [-0.4, -0.2) is 35.2 Å². The van der Waals surface area contributed by atoms with Crippen molar-refractivity contribution in [2.24, 2.45) is 0 Å². The van der Waals surface area contributed by atoms with Gasteiger partial charge in [0.2, 0.25) is 5.91 Å². The molecule has 0 saturated carbocycles. The highest BCUT2D eigenvalue weighted by Crippen LogP contribution is 2.27. The molecule has 1 aliphatic rings. The van der Waals surface area contributed by atoms with Gasteiger partial charge in [-0.1, -0.05) is 11.8 Å². The third-order valence-corrected chi connectivity index (χ3v) is 2.78. The van der Waals surface area contributed by atoms with Gasteiger partial charge in [-0.25, -0.2) is 4.79 Å². The second kappa shape index (κ2) is 4.26. The highest BCUT2D eigenvalue weighted by molar-refractivity contribution is 8.04. The van der Waals surface area contributed by atoms with Crippen LogP contribution in [0.15, 0.2) is 11.1 Å². The molecule has 0 bridgehead atoms. The summed E-state index contributed by atoms with van der Waals surface area (Å²) >= 11 is 1.35. The fourth-order valence-electron chi connectivity index (χ4n) is 1.02. The molecule has 0 aromatic carbocycles. The van der Waals surface area contributed by atoms with E-state index < -0.39 is 11.6 Å². The minimum Gasteiger partial charge on any atom is -0.457 e. The first-order chi connectivity index (χ1) is 6.79. The quantitative estimate of drug-likeness (QED) is 0.503. The molecule has 1 heterocycles. The van der Waals surface area contributed by atoms with Gasteiger partial charge in [-0.2, -0.15) is 0 Å². The Kier molecular flexibility index (Phi) is 3.44. The van der Waals surface area contributed by atoms with E-state index >= 15 is 0 Å². The van der Waals surface area contributed by atoms with E-state index in [1.54, 1.807) is 27.8 Å². The summed E-state index contributed by atoms with van der Waals surface area (Å²) < 4.78 is 5.12. The Morgan fingerprint density at radius 2 is 2.13 bits per heavy atom. The number of carbonyl (C=O) groups is 2. The van der Waals surface area contributed by atoms with Crippen LogP contribution in [0.4, 0.5) is 0 Å². The molecule has 1 fully saturated rings. The van der Waals surface area contributed by atoms with Gasteiger partial charge in [-0.15, -0.1) is 0 Å². The molecular weight excluding hydrogens is 214 g/mol. The third-order valence-electron chi connectivity index (χ3n) is 1.70. The summed E-state index contributed by atoms with van der Waals surface area (Å²) in [6.07, 6.45) is 1.36. The predicted molar refractivity (Wildman–Crippen MR) is 59.2 cm³/mol. The molecule has 0 aliphatic carbocycles. The van der Waals surface area contributed by atoms with Crippen molar-refractivity contribution < 1.29 is 14.3 Å². The first-order valence-electron chi connectivity index (χ1n) is 4.63. The van der Waals surface area contributed by atoms with Crippen molar-refractivity contribution in [3.05, 3.63) is 11.1 Å². The molecule has 84 valence electrons. The van der Waals surface area contributed by atoms with E-state index in [0.717, 1.165) is 0 Å². The zero-order valence-corrected chi connectivity index (χ0v) is 10.2. The first-order valence-corrected chi connectivity index (χ1v) is 5.62. The fourth-order valence-corrected chi connectivity index (χ4v) is 1.96. The molecule has 1 rings (SSSR count). The lowest BCUT2D eigenvalue weighted by Crippen LogP contribution is -2.24. The van der Waals surface area contributed by atoms with Gasteiger partial charge in [0.05, 0.1) is 16.9 Å². The number of thioether (sulfide) groups is 1. The molecule has 4 nitrogen and oxygen atoms in total. The van der Waals surface area contributed by atoms with Crippen LogP contribution in [0.3, 0.4) is 0 Å². The molecule has 1 amide bonds. The van der Waals surface area contributed by atoms with E-state index in [9.17, 15) is 9.59 Å². The van der Waals surface area contributed by atoms with E-state index in [4.69, 9.17) is 4.74 Å². The summed E-state index contributed by atoms with van der Waals surface area (Å²) in [5, 5.41) is 0.647. The predicted octanol–water partition coefficient (Wildman–Crippen LogP) is 1.37. The molecule has 0 spiro atoms. The molecule has 0 aromatic heterocycles. The van der Waals surface area contributed by atoms with Crippen LogP contribution in [0.2, 0.25) is 0 Å². The number of rotatable bonds is 1. The fraction of sp³-hybridized carbons (Fsp3) is 0.600. The van der Waals surface area contributed by atoms with Crippen molar-refractivity contribution in [3.8, 4) is 0 Å². The van der Waals surface area contributed by atoms with Crippen LogP contribution in [0.5, 0.6) is 0 Å². The SMILES string of the molecule is CN1C(=O)CS/C1=C/C(=O)OC(C)(C)C. The Morgan fingerprint density at radius 1 is 1.53 bits per heavy atom. The second-order valence-electron chi connectivity index (χ2n) is 4.26. The van der Waals surface area contributed by atoms with Crippen molar-refractivity contribution in [1.82, 2.24) is 4.90 Å². The number of nitrogens with zero attached hydrogens (tertiary/aromatic N) is 1. The normalized spacial score (nSPS) is 19.9. The number of ether oxygens (including phenoxy) is 1. The zero-order chi connectivity index (χ0) is 11.6. The minimum atomic E-state index is -0.500. The molecule has 0 radical (unpaired) electrons. The number of esters is 1. The second-order valence-corrected chi connectivity index (χ2v) is 5.25. The summed E-state index contributed by atoms with van der Waals surface area (Å²) in [5.41, 5.74) is -0.500. The number of carbonyl (C=O) groups excluding carboxylic acids is 2. The molecule has 0 aromatic rings. The van der Waals surface area contributed by atoms with Gasteiger partial charge in [-0.3, -0.25) is 4.79 Å². The van der Waals surface area contributed by atoms with E-state index in [-0.39, 0.29) is 5.91 Å². The summed E-state index contributed by atoms with van der Waals surface area (Å²) in [6.45, 7) is 5.42. The lowest BCUT2D eigenvalue weighted by atomic mass is 10.2. The molecule has 0 unspecified atom stereocenters. The van der Waals surface area contributed by atoms with E-state index in [0.29, 0.717) is 10.8 Å². The molecular formula is C10H15NO3S. The standard InChI is InChI=1S/C10H15NO3S/c1-10(2,3)14-9(13)5-8-11(4)7(12)6-15-8/h5H,6H2,1-4H3/b8-5+. The Bertz CT molecular complexity index is 317. The molecule has 5 heteroatoms. The maximum absolute atomic E-state index is 11.4. The van der Waals surface area contributed by atoms with Crippen LogP contribution >= 0.6 is 11.8 Å². The number of hydrogen-bond acceptors (Lipinski definition) is 4. The molecule has 1 aliphatic heterocycles. The first kappa shape index (κ1) is 12.1. The molecule has 0 N–H and O–H groups in total. The third kappa shape index (κ3) is 3.58. The Labute approximate surface area is 93.6 Å². The van der Waals surface area contributed by atoms with Crippen molar-refractivity contribution in [1.29, 1.82) is 0 Å². The van der Waals surface area contributed by atoms with Crippen LogP contribution in [0.1, 0.15) is 20.8 Å². The van der Waals surface area contributed by atoms with Crippen LogP contribution in [0.25, 0.3) is 0 Å². The monoisotopic (exact) mass is 229 g/mol. The molecule has 15 heavy (non-hydrogen) atoms. The molecule has 0 atom stereocenters. The lowest BCUT2D eigenvalue weighted by Gasteiger charge is -2.18. The largest absolute Gasteiger partial charge is 0.457 e. The van der Waals surface area contributed by atoms with E-state index in [1.807, 2.05) is 0 Å². The Hall–Kier alpha value is -0.970. The summed E-state index contributed by atoms with van der Waals surface area (Å²) in [7, 11) is 1.65. The van der Waals surface area contributed by atoms with E-state index in [1.165, 1.54) is 22.7 Å². The topological polar surface area (TPSA) is 46.6 Å². The maximum atomic E-state index is 11.4. The highest BCUT2D eigenvalue weighted by atomic mass is 32.2. The Morgan fingerprint density at radius 3 is 2.53 bits per heavy atom. The van der Waals surface area contributed by atoms with Gasteiger partial charge in [0.25, 0.3) is 0 Å². The van der Waals surface area contributed by atoms with Crippen molar-refractivity contribution in [2.75, 3.05) is 12.8 Å². The summed E-state index contributed by atoms with van der Waals surface area (Å²) in [5.74, 6) is -0.00754. The summed E-state index contributed by atoms with van der Waals surface area (Å²) in [6, 6.07) is 0. The Balaban J connectivity index is 2.64. The maximum Gasteiger partial charge on any atom is 0.333 e. The number of hydrogen-bond donors (Lipinski definition) is 0. The summed E-state index contributed by atoms with van der Waals surface area (Å²) in [4.78, 5) is 24.0. The number of amides is 1. The van der Waals surface area contributed by atoms with Crippen molar-refractivity contribution >= 4 is 23.6 Å². The smallest absolute Gasteiger partial charge is 0.333 e. The van der Waals surface area contributed by atoms with Crippen molar-refractivity contribution in [2.45, 2.75) is 26.4 Å². The minimum absolute atomic E-state index is 0.00908. The van der Waals surface area contributed by atoms with Crippen LogP contribution < -0.4 is 0 Å². The zero-order valence-electron chi connectivity index (χ0n) is 9.36.